The molecule has 0 aliphatic rings. The Morgan fingerprint density at radius 2 is 1.95 bits per heavy atom. The first kappa shape index (κ1) is 14.2. The van der Waals surface area contributed by atoms with E-state index in [-0.39, 0.29) is 5.75 Å². The normalized spacial score (nSPS) is 10.1. The summed E-state index contributed by atoms with van der Waals surface area (Å²) in [7, 11) is 0. The van der Waals surface area contributed by atoms with Crippen molar-refractivity contribution in [3.8, 4) is 5.75 Å². The summed E-state index contributed by atoms with van der Waals surface area (Å²) in [6.07, 6.45) is 0. The number of carbonyl (C=O) groups is 1. The van der Waals surface area contributed by atoms with Crippen LogP contribution in [0.3, 0.4) is 0 Å². The maximum atomic E-state index is 11.9. The van der Waals surface area contributed by atoms with E-state index >= 15 is 0 Å². The largest absolute Gasteiger partial charge is 0.508 e. The quantitative estimate of drug-likeness (QED) is 0.661. The van der Waals surface area contributed by atoms with Gasteiger partial charge in [-0.1, -0.05) is 11.6 Å². The molecule has 0 atom stereocenters. The molecule has 20 heavy (non-hydrogen) atoms. The number of anilines is 2. The second-order valence-corrected chi connectivity index (χ2v) is 4.52. The van der Waals surface area contributed by atoms with Gasteiger partial charge in [0.15, 0.2) is 0 Å². The molecule has 5 heteroatoms. The Hall–Kier alpha value is -2.20. The van der Waals surface area contributed by atoms with E-state index in [1.807, 2.05) is 0 Å². The van der Waals surface area contributed by atoms with Gasteiger partial charge in [0.2, 0.25) is 0 Å². The zero-order valence-corrected chi connectivity index (χ0v) is 11.6. The second-order valence-electron chi connectivity index (χ2n) is 4.08. The van der Waals surface area contributed by atoms with Gasteiger partial charge in [-0.2, -0.15) is 0 Å². The molecule has 104 valence electrons. The number of hydrogen-bond acceptors (Lipinski definition) is 4. The van der Waals surface area contributed by atoms with Gasteiger partial charge in [0, 0.05) is 10.7 Å². The van der Waals surface area contributed by atoms with E-state index in [4.69, 9.17) is 16.3 Å². The minimum absolute atomic E-state index is 0.178. The van der Waals surface area contributed by atoms with Gasteiger partial charge in [-0.25, -0.2) is 4.79 Å². The summed E-state index contributed by atoms with van der Waals surface area (Å²) >= 11 is 5.92. The lowest BCUT2D eigenvalue weighted by molar-refractivity contribution is 0.0527. The minimum Gasteiger partial charge on any atom is -0.508 e. The number of nitrogens with one attached hydrogen (secondary N) is 1. The fourth-order valence-corrected chi connectivity index (χ4v) is 1.88. The van der Waals surface area contributed by atoms with Crippen molar-refractivity contribution >= 4 is 28.9 Å². The molecule has 2 N–H and O–H groups in total. The molecule has 0 aliphatic carbocycles. The van der Waals surface area contributed by atoms with E-state index in [0.29, 0.717) is 22.9 Å². The summed E-state index contributed by atoms with van der Waals surface area (Å²) in [5.41, 5.74) is 1.71. The molecular formula is C15H14ClNO3. The molecule has 0 fully saturated rings. The molecular weight excluding hydrogens is 278 g/mol. The molecule has 0 spiro atoms. The monoisotopic (exact) mass is 291 g/mol. The van der Waals surface area contributed by atoms with Crippen molar-refractivity contribution in [3.05, 3.63) is 53.1 Å². The predicted molar refractivity (Wildman–Crippen MR) is 78.8 cm³/mol. The van der Waals surface area contributed by atoms with Gasteiger partial charge in [-0.15, -0.1) is 0 Å². The third-order valence-electron chi connectivity index (χ3n) is 2.62. The van der Waals surface area contributed by atoms with Crippen LogP contribution in [0, 0.1) is 0 Å². The molecule has 0 saturated heterocycles. The van der Waals surface area contributed by atoms with Crippen molar-refractivity contribution in [2.24, 2.45) is 0 Å². The van der Waals surface area contributed by atoms with E-state index in [9.17, 15) is 9.90 Å². The van der Waals surface area contributed by atoms with E-state index < -0.39 is 5.97 Å². The van der Waals surface area contributed by atoms with Crippen LogP contribution < -0.4 is 5.32 Å². The smallest absolute Gasteiger partial charge is 0.340 e. The molecule has 2 rings (SSSR count). The SMILES string of the molecule is CCOC(=O)c1cc(Cl)ccc1Nc1ccc(O)cc1. The van der Waals surface area contributed by atoms with Gasteiger partial charge in [-0.05, 0) is 49.4 Å². The Morgan fingerprint density at radius 3 is 2.60 bits per heavy atom. The molecule has 0 amide bonds. The van der Waals surface area contributed by atoms with Gasteiger partial charge < -0.3 is 15.2 Å². The van der Waals surface area contributed by atoms with Crippen LogP contribution in [0.2, 0.25) is 5.02 Å². The summed E-state index contributed by atoms with van der Waals surface area (Å²) < 4.78 is 5.00. The lowest BCUT2D eigenvalue weighted by atomic mass is 10.1. The van der Waals surface area contributed by atoms with Gasteiger partial charge in [0.1, 0.15) is 5.75 Å². The average molecular weight is 292 g/mol. The zero-order chi connectivity index (χ0) is 14.5. The molecule has 0 radical (unpaired) electrons. The number of rotatable bonds is 4. The molecule has 0 unspecified atom stereocenters. The lowest BCUT2D eigenvalue weighted by Crippen LogP contribution is -2.08. The van der Waals surface area contributed by atoms with E-state index in [1.54, 1.807) is 49.4 Å². The van der Waals surface area contributed by atoms with Crippen molar-refractivity contribution in [2.45, 2.75) is 6.92 Å². The number of carbonyl (C=O) groups excluding carboxylic acids is 1. The van der Waals surface area contributed by atoms with Gasteiger partial charge >= 0.3 is 5.97 Å². The van der Waals surface area contributed by atoms with Crippen LogP contribution in [-0.2, 0) is 4.74 Å². The molecule has 0 saturated carbocycles. The fraction of sp³-hybridized carbons (Fsp3) is 0.133. The second kappa shape index (κ2) is 6.30. The van der Waals surface area contributed by atoms with Gasteiger partial charge in [0.25, 0.3) is 0 Å². The highest BCUT2D eigenvalue weighted by Gasteiger charge is 2.13. The van der Waals surface area contributed by atoms with Crippen molar-refractivity contribution < 1.29 is 14.6 Å². The Morgan fingerprint density at radius 1 is 1.25 bits per heavy atom. The summed E-state index contributed by atoms with van der Waals surface area (Å²) in [6.45, 7) is 2.04. The molecule has 0 bridgehead atoms. The zero-order valence-electron chi connectivity index (χ0n) is 10.9. The first-order valence-corrected chi connectivity index (χ1v) is 6.50. The minimum atomic E-state index is -0.434. The Balaban J connectivity index is 2.31. The first-order chi connectivity index (χ1) is 9.60. The van der Waals surface area contributed by atoms with Crippen molar-refractivity contribution in [1.82, 2.24) is 0 Å². The molecule has 2 aromatic carbocycles. The molecule has 0 aromatic heterocycles. The van der Waals surface area contributed by atoms with Crippen LogP contribution >= 0.6 is 11.6 Å². The number of esters is 1. The first-order valence-electron chi connectivity index (χ1n) is 6.13. The molecule has 4 nitrogen and oxygen atoms in total. The average Bonchev–Trinajstić information content (AvgIpc) is 2.43. The van der Waals surface area contributed by atoms with Crippen LogP contribution in [0.4, 0.5) is 11.4 Å². The van der Waals surface area contributed by atoms with Crippen LogP contribution in [-0.4, -0.2) is 17.7 Å². The number of halogens is 1. The van der Waals surface area contributed by atoms with E-state index in [0.717, 1.165) is 5.69 Å². The molecule has 2 aromatic rings. The Bertz CT molecular complexity index is 611. The fourth-order valence-electron chi connectivity index (χ4n) is 1.70. The van der Waals surface area contributed by atoms with Gasteiger partial charge in [0.05, 0.1) is 17.9 Å². The van der Waals surface area contributed by atoms with Crippen LogP contribution in [0.5, 0.6) is 5.75 Å². The predicted octanol–water partition coefficient (Wildman–Crippen LogP) is 3.97. The number of ether oxygens (including phenoxy) is 1. The molecule has 0 heterocycles. The maximum Gasteiger partial charge on any atom is 0.340 e. The highest BCUT2D eigenvalue weighted by Crippen LogP contribution is 2.26. The summed E-state index contributed by atoms with van der Waals surface area (Å²) in [5.74, 6) is -0.256. The summed E-state index contributed by atoms with van der Waals surface area (Å²) in [5, 5.41) is 12.8. The highest BCUT2D eigenvalue weighted by atomic mass is 35.5. The topological polar surface area (TPSA) is 58.6 Å². The Kier molecular flexibility index (Phi) is 4.48. The number of phenolic OH excluding ortho intramolecular Hbond substituents is 1. The van der Waals surface area contributed by atoms with Crippen LogP contribution in [0.1, 0.15) is 17.3 Å². The van der Waals surface area contributed by atoms with Gasteiger partial charge in [-0.3, -0.25) is 0 Å². The number of phenols is 1. The number of benzene rings is 2. The molecule has 0 aliphatic heterocycles. The third kappa shape index (κ3) is 3.42. The number of hydrogen-bond donors (Lipinski definition) is 2. The summed E-state index contributed by atoms with van der Waals surface area (Å²) in [6, 6.07) is 11.5. The van der Waals surface area contributed by atoms with E-state index in [2.05, 4.69) is 5.32 Å². The van der Waals surface area contributed by atoms with Crippen molar-refractivity contribution in [2.75, 3.05) is 11.9 Å². The standard InChI is InChI=1S/C15H14ClNO3/c1-2-20-15(19)13-9-10(16)3-8-14(13)17-11-4-6-12(18)7-5-11/h3-9,17-18H,2H2,1H3. The lowest BCUT2D eigenvalue weighted by Gasteiger charge is -2.12. The van der Waals surface area contributed by atoms with Crippen LogP contribution in [0.15, 0.2) is 42.5 Å². The third-order valence-corrected chi connectivity index (χ3v) is 2.86. The number of aromatic hydroxyl groups is 1. The Labute approximate surface area is 122 Å². The highest BCUT2D eigenvalue weighted by molar-refractivity contribution is 6.31. The summed E-state index contributed by atoms with van der Waals surface area (Å²) in [4.78, 5) is 11.9. The van der Waals surface area contributed by atoms with Crippen molar-refractivity contribution in [1.29, 1.82) is 0 Å². The van der Waals surface area contributed by atoms with E-state index in [1.165, 1.54) is 0 Å². The van der Waals surface area contributed by atoms with Crippen LogP contribution in [0.25, 0.3) is 0 Å². The maximum absolute atomic E-state index is 11.9. The van der Waals surface area contributed by atoms with Crippen molar-refractivity contribution in [3.63, 3.8) is 0 Å².